The van der Waals surface area contributed by atoms with Crippen LogP contribution in [0.1, 0.15) is 67.7 Å². The zero-order valence-electron chi connectivity index (χ0n) is 22.1. The molecule has 5 nitrogen and oxygen atoms in total. The number of amides is 1. The van der Waals surface area contributed by atoms with E-state index in [2.05, 4.69) is 0 Å². The Hall–Kier alpha value is -2.65. The van der Waals surface area contributed by atoms with Crippen LogP contribution in [0, 0.1) is 5.92 Å². The maximum Gasteiger partial charge on any atom is 0.426 e. The molecule has 2 aromatic rings. The van der Waals surface area contributed by atoms with Crippen LogP contribution >= 0.6 is 11.6 Å². The molecular formula is C30H32ClF4NO4. The van der Waals surface area contributed by atoms with Crippen LogP contribution in [-0.4, -0.2) is 51.4 Å². The Balaban J connectivity index is 1.52. The minimum absolute atomic E-state index is 0.0582. The average molecular weight is 582 g/mol. The highest BCUT2D eigenvalue weighted by atomic mass is 35.5. The lowest BCUT2D eigenvalue weighted by Gasteiger charge is -2.46. The zero-order valence-corrected chi connectivity index (χ0v) is 22.9. The molecule has 0 radical (unpaired) electrons. The van der Waals surface area contributed by atoms with E-state index in [1.165, 1.54) is 12.1 Å². The number of rotatable bonds is 5. The van der Waals surface area contributed by atoms with Crippen molar-refractivity contribution in [3.8, 4) is 0 Å². The number of alkyl halides is 4. The fourth-order valence-electron chi connectivity index (χ4n) is 7.06. The van der Waals surface area contributed by atoms with Crippen LogP contribution in [0.5, 0.6) is 0 Å². The van der Waals surface area contributed by atoms with E-state index in [9.17, 15) is 37.4 Å². The van der Waals surface area contributed by atoms with Gasteiger partial charge in [0, 0.05) is 23.0 Å². The average Bonchev–Trinajstić information content (AvgIpc) is 3.28. The number of aliphatic carboxylic acids is 1. The lowest BCUT2D eigenvalue weighted by atomic mass is 9.63. The van der Waals surface area contributed by atoms with Gasteiger partial charge in [-0.25, -0.2) is 4.39 Å². The summed E-state index contributed by atoms with van der Waals surface area (Å²) in [4.78, 5) is 26.9. The van der Waals surface area contributed by atoms with Crippen LogP contribution in [0.4, 0.5) is 17.6 Å². The highest BCUT2D eigenvalue weighted by molar-refractivity contribution is 6.30. The van der Waals surface area contributed by atoms with E-state index in [4.69, 9.17) is 11.6 Å². The van der Waals surface area contributed by atoms with Gasteiger partial charge in [-0.3, -0.25) is 9.59 Å². The number of halogens is 5. The molecule has 3 atom stereocenters. The smallest absolute Gasteiger partial charge is 0.426 e. The number of benzene rings is 2. The third-order valence-corrected chi connectivity index (χ3v) is 9.72. The van der Waals surface area contributed by atoms with Crippen molar-refractivity contribution in [2.75, 3.05) is 6.54 Å². The summed E-state index contributed by atoms with van der Waals surface area (Å²) in [5, 5.41) is 21.2. The SMILES string of the molecule is CC(F)(c1ccc2c(c1)CCC1N(C(=O)[C@]3(O)CC[C@@H](C(=O)O)CC3)CCC21Cc1ccc(Cl)cc1)C(F)(F)F. The van der Waals surface area contributed by atoms with Crippen LogP contribution in [0.15, 0.2) is 42.5 Å². The molecule has 0 aromatic heterocycles. The lowest BCUT2D eigenvalue weighted by Crippen LogP contribution is -2.56. The van der Waals surface area contributed by atoms with E-state index in [0.29, 0.717) is 49.7 Å². The summed E-state index contributed by atoms with van der Waals surface area (Å²) in [5.41, 5.74) is -3.91. The van der Waals surface area contributed by atoms with E-state index >= 15 is 0 Å². The molecule has 1 saturated heterocycles. The Morgan fingerprint density at radius 2 is 1.68 bits per heavy atom. The zero-order chi connectivity index (χ0) is 29.1. The number of carboxylic acid groups (broad SMARTS) is 1. The third kappa shape index (κ3) is 4.79. The third-order valence-electron chi connectivity index (χ3n) is 9.47. The van der Waals surface area contributed by atoms with E-state index in [1.54, 1.807) is 23.1 Å². The molecule has 40 heavy (non-hydrogen) atoms. The van der Waals surface area contributed by atoms with Gasteiger partial charge >= 0.3 is 12.1 Å². The Morgan fingerprint density at radius 1 is 1.02 bits per heavy atom. The molecule has 2 N–H and O–H groups in total. The summed E-state index contributed by atoms with van der Waals surface area (Å²) in [6, 6.07) is 11.0. The van der Waals surface area contributed by atoms with Crippen molar-refractivity contribution in [1.29, 1.82) is 0 Å². The van der Waals surface area contributed by atoms with Crippen molar-refractivity contribution < 1.29 is 37.4 Å². The van der Waals surface area contributed by atoms with Gasteiger partial charge in [-0.1, -0.05) is 41.9 Å². The van der Waals surface area contributed by atoms with Crippen molar-refractivity contribution in [3.05, 3.63) is 69.7 Å². The van der Waals surface area contributed by atoms with E-state index in [1.807, 2.05) is 12.1 Å². The van der Waals surface area contributed by atoms with Gasteiger partial charge in [-0.15, -0.1) is 0 Å². The molecule has 2 aliphatic carbocycles. The fourth-order valence-corrected chi connectivity index (χ4v) is 7.18. The molecule has 2 fully saturated rings. The summed E-state index contributed by atoms with van der Waals surface area (Å²) >= 11 is 6.09. The minimum atomic E-state index is -5.06. The summed E-state index contributed by atoms with van der Waals surface area (Å²) in [5.74, 6) is -1.95. The van der Waals surface area contributed by atoms with E-state index in [-0.39, 0.29) is 31.7 Å². The van der Waals surface area contributed by atoms with Gasteiger partial charge in [-0.05, 0) is 92.7 Å². The number of likely N-dealkylation sites (tertiary alicyclic amines) is 1. The number of carbonyl (C=O) groups excluding carboxylic acids is 1. The second-order valence-corrected chi connectivity index (χ2v) is 12.2. The van der Waals surface area contributed by atoms with Crippen LogP contribution < -0.4 is 0 Å². The van der Waals surface area contributed by atoms with Crippen molar-refractivity contribution in [2.24, 2.45) is 5.92 Å². The van der Waals surface area contributed by atoms with E-state index < -0.39 is 46.2 Å². The summed E-state index contributed by atoms with van der Waals surface area (Å²) in [7, 11) is 0. The first-order valence-electron chi connectivity index (χ1n) is 13.6. The predicted octanol–water partition coefficient (Wildman–Crippen LogP) is 6.12. The summed E-state index contributed by atoms with van der Waals surface area (Å²) < 4.78 is 55.4. The Bertz CT molecular complexity index is 1300. The number of hydrogen-bond donors (Lipinski definition) is 2. The van der Waals surface area contributed by atoms with Gasteiger partial charge in [0.25, 0.3) is 5.91 Å². The Labute approximate surface area is 235 Å². The maximum absolute atomic E-state index is 14.9. The maximum atomic E-state index is 14.9. The second-order valence-electron chi connectivity index (χ2n) is 11.8. The summed E-state index contributed by atoms with van der Waals surface area (Å²) in [6.07, 6.45) is -2.74. The van der Waals surface area contributed by atoms with Crippen LogP contribution in [0.2, 0.25) is 5.02 Å². The molecule has 0 spiro atoms. The highest BCUT2D eigenvalue weighted by Gasteiger charge is 2.57. The van der Waals surface area contributed by atoms with Crippen LogP contribution in [0.25, 0.3) is 0 Å². The first kappa shape index (κ1) is 28.9. The van der Waals surface area contributed by atoms with Crippen LogP contribution in [-0.2, 0) is 33.5 Å². The molecule has 216 valence electrons. The van der Waals surface area contributed by atoms with E-state index in [0.717, 1.165) is 11.1 Å². The number of nitrogens with zero attached hydrogens (tertiary/aromatic N) is 1. The molecule has 10 heteroatoms. The monoisotopic (exact) mass is 581 g/mol. The van der Waals surface area contributed by atoms with Gasteiger partial charge in [0.15, 0.2) is 0 Å². The standard InChI is InChI=1S/C30H32ClF4NO4/c1-27(32,30(33,34)35)21-5-8-23-20(16-21)4-9-24-28(23,17-18-2-6-22(31)7-3-18)14-15-36(24)26(39)29(40)12-10-19(11-13-29)25(37)38/h2-3,5-8,16,19,24,40H,4,9-15,17H2,1H3,(H,37,38)/t19-,24?,27?,28?,29+. The lowest BCUT2D eigenvalue weighted by molar-refractivity contribution is -0.228. The van der Waals surface area contributed by atoms with Crippen LogP contribution in [0.3, 0.4) is 0 Å². The second kappa shape index (κ2) is 10.0. The molecule has 1 amide bonds. The molecule has 0 bridgehead atoms. The topological polar surface area (TPSA) is 77.8 Å². The predicted molar refractivity (Wildman–Crippen MR) is 141 cm³/mol. The number of fused-ring (bicyclic) bond motifs is 3. The molecule has 1 saturated carbocycles. The fraction of sp³-hybridized carbons (Fsp3) is 0.533. The van der Waals surface area contributed by atoms with Crippen molar-refractivity contribution in [3.63, 3.8) is 0 Å². The molecule has 5 rings (SSSR count). The quantitative estimate of drug-likeness (QED) is 0.417. The van der Waals surface area contributed by atoms with Crippen molar-refractivity contribution >= 4 is 23.5 Å². The molecule has 1 aliphatic heterocycles. The first-order chi connectivity index (χ1) is 18.7. The molecular weight excluding hydrogens is 550 g/mol. The number of aliphatic hydroxyl groups is 1. The highest BCUT2D eigenvalue weighted by Crippen LogP contribution is 2.52. The number of carboxylic acids is 1. The molecule has 3 unspecified atom stereocenters. The van der Waals surface area contributed by atoms with Gasteiger partial charge in [0.2, 0.25) is 5.67 Å². The number of aryl methyl sites for hydroxylation is 1. The van der Waals surface area contributed by atoms with Gasteiger partial charge < -0.3 is 15.1 Å². The Morgan fingerprint density at radius 3 is 2.27 bits per heavy atom. The van der Waals surface area contributed by atoms with Crippen molar-refractivity contribution in [2.45, 2.75) is 87.2 Å². The normalized spacial score (nSPS) is 29.8. The summed E-state index contributed by atoms with van der Waals surface area (Å²) in [6.45, 7) is 0.867. The molecule has 3 aliphatic rings. The first-order valence-corrected chi connectivity index (χ1v) is 14.0. The Kier molecular flexibility index (Phi) is 7.23. The van der Waals surface area contributed by atoms with Crippen molar-refractivity contribution in [1.82, 2.24) is 4.90 Å². The largest absolute Gasteiger partial charge is 0.481 e. The molecule has 2 aromatic carbocycles. The molecule has 1 heterocycles. The number of carbonyl (C=O) groups is 2. The minimum Gasteiger partial charge on any atom is -0.481 e. The number of hydrogen-bond acceptors (Lipinski definition) is 3. The van der Waals surface area contributed by atoms with Gasteiger partial charge in [0.05, 0.1) is 5.92 Å². The van der Waals surface area contributed by atoms with Gasteiger partial charge in [-0.2, -0.15) is 13.2 Å². The van der Waals surface area contributed by atoms with Gasteiger partial charge in [0.1, 0.15) is 5.60 Å².